The Hall–Kier alpha value is -0.410. The number of thiazole rings is 1. The van der Waals surface area contributed by atoms with Gasteiger partial charge in [0.25, 0.3) is 0 Å². The van der Waals surface area contributed by atoms with Crippen molar-refractivity contribution in [1.29, 1.82) is 0 Å². The minimum Gasteiger partial charge on any atom is -0.317 e. The van der Waals surface area contributed by atoms with Crippen molar-refractivity contribution in [1.82, 2.24) is 10.3 Å². The molecular weight excluding hydrogens is 228 g/mol. The van der Waals surface area contributed by atoms with Gasteiger partial charge in [-0.25, -0.2) is 4.98 Å². The molecule has 1 aliphatic rings. The lowest BCUT2D eigenvalue weighted by Gasteiger charge is -2.21. The van der Waals surface area contributed by atoms with Crippen LogP contribution in [0, 0.1) is 18.8 Å². The Morgan fingerprint density at radius 2 is 2.06 bits per heavy atom. The van der Waals surface area contributed by atoms with Crippen molar-refractivity contribution in [3.05, 3.63) is 15.6 Å². The standard InChI is InChI=1S/C14H24N2S/c1-10(2)8-14-16-11(3)13(17-14)9-12-4-6-15-7-5-12/h10,12,15H,4-9H2,1-3H3. The third-order valence-electron chi connectivity index (χ3n) is 3.45. The van der Waals surface area contributed by atoms with E-state index >= 15 is 0 Å². The molecule has 3 heteroatoms. The van der Waals surface area contributed by atoms with E-state index < -0.39 is 0 Å². The molecule has 0 bridgehead atoms. The third kappa shape index (κ3) is 3.78. The van der Waals surface area contributed by atoms with E-state index in [1.807, 2.05) is 11.3 Å². The van der Waals surface area contributed by atoms with Crippen LogP contribution in [-0.2, 0) is 12.8 Å². The molecule has 1 N–H and O–H groups in total. The second kappa shape index (κ2) is 5.96. The van der Waals surface area contributed by atoms with Gasteiger partial charge in [-0.05, 0) is 51.1 Å². The summed E-state index contributed by atoms with van der Waals surface area (Å²) >= 11 is 1.95. The van der Waals surface area contributed by atoms with Gasteiger partial charge < -0.3 is 5.32 Å². The Morgan fingerprint density at radius 3 is 2.71 bits per heavy atom. The average molecular weight is 252 g/mol. The van der Waals surface area contributed by atoms with Gasteiger partial charge in [-0.1, -0.05) is 13.8 Å². The smallest absolute Gasteiger partial charge is 0.0933 e. The van der Waals surface area contributed by atoms with E-state index in [9.17, 15) is 0 Å². The molecule has 1 fully saturated rings. The van der Waals surface area contributed by atoms with E-state index in [1.165, 1.54) is 47.9 Å². The van der Waals surface area contributed by atoms with Crippen molar-refractivity contribution in [2.24, 2.45) is 11.8 Å². The molecule has 0 aliphatic carbocycles. The first-order chi connectivity index (χ1) is 8.15. The number of hydrogen-bond acceptors (Lipinski definition) is 3. The van der Waals surface area contributed by atoms with Gasteiger partial charge in [-0.3, -0.25) is 0 Å². The molecule has 1 saturated heterocycles. The van der Waals surface area contributed by atoms with Gasteiger partial charge in [-0.15, -0.1) is 11.3 Å². The summed E-state index contributed by atoms with van der Waals surface area (Å²) in [5, 5.41) is 4.77. The van der Waals surface area contributed by atoms with Crippen LogP contribution in [0.15, 0.2) is 0 Å². The van der Waals surface area contributed by atoms with Crippen LogP contribution in [0.25, 0.3) is 0 Å². The molecule has 96 valence electrons. The van der Waals surface area contributed by atoms with Gasteiger partial charge in [0.15, 0.2) is 0 Å². The van der Waals surface area contributed by atoms with Crippen molar-refractivity contribution in [3.8, 4) is 0 Å². The maximum Gasteiger partial charge on any atom is 0.0933 e. The number of nitrogens with one attached hydrogen (secondary N) is 1. The van der Waals surface area contributed by atoms with Crippen molar-refractivity contribution < 1.29 is 0 Å². The molecule has 0 aromatic carbocycles. The van der Waals surface area contributed by atoms with Crippen LogP contribution in [0.1, 0.15) is 42.3 Å². The fraction of sp³-hybridized carbons (Fsp3) is 0.786. The number of hydrogen-bond donors (Lipinski definition) is 1. The van der Waals surface area contributed by atoms with Gasteiger partial charge in [-0.2, -0.15) is 0 Å². The summed E-state index contributed by atoms with van der Waals surface area (Å²) in [6.07, 6.45) is 5.05. The largest absolute Gasteiger partial charge is 0.317 e. The lowest BCUT2D eigenvalue weighted by molar-refractivity contribution is 0.374. The molecule has 0 atom stereocenters. The lowest BCUT2D eigenvalue weighted by Crippen LogP contribution is -2.28. The van der Waals surface area contributed by atoms with E-state index in [4.69, 9.17) is 4.98 Å². The zero-order valence-electron chi connectivity index (χ0n) is 11.3. The first-order valence-electron chi connectivity index (χ1n) is 6.81. The summed E-state index contributed by atoms with van der Waals surface area (Å²) in [5.41, 5.74) is 1.28. The van der Waals surface area contributed by atoms with Crippen LogP contribution < -0.4 is 5.32 Å². The first-order valence-corrected chi connectivity index (χ1v) is 7.62. The molecule has 0 saturated carbocycles. The van der Waals surface area contributed by atoms with E-state index in [0.717, 1.165) is 12.3 Å². The monoisotopic (exact) mass is 252 g/mol. The molecule has 2 rings (SSSR count). The minimum atomic E-state index is 0.715. The zero-order chi connectivity index (χ0) is 12.3. The van der Waals surface area contributed by atoms with Gasteiger partial charge in [0.05, 0.1) is 10.7 Å². The second-order valence-electron chi connectivity index (χ2n) is 5.61. The minimum absolute atomic E-state index is 0.715. The van der Waals surface area contributed by atoms with Crippen LogP contribution in [0.4, 0.5) is 0 Å². The lowest BCUT2D eigenvalue weighted by atomic mass is 9.94. The Balaban J connectivity index is 1.97. The van der Waals surface area contributed by atoms with Crippen LogP contribution in [0.2, 0.25) is 0 Å². The highest BCUT2D eigenvalue weighted by Gasteiger charge is 2.17. The predicted molar refractivity (Wildman–Crippen MR) is 74.7 cm³/mol. The summed E-state index contributed by atoms with van der Waals surface area (Å²) in [6.45, 7) is 9.10. The van der Waals surface area contributed by atoms with Gasteiger partial charge >= 0.3 is 0 Å². The SMILES string of the molecule is Cc1nc(CC(C)C)sc1CC1CCNCC1. The molecule has 0 unspecified atom stereocenters. The van der Waals surface area contributed by atoms with Gasteiger partial charge in [0, 0.05) is 11.3 Å². The normalized spacial score (nSPS) is 17.9. The van der Waals surface area contributed by atoms with Crippen molar-refractivity contribution in [3.63, 3.8) is 0 Å². The molecular formula is C14H24N2S. The number of rotatable bonds is 4. The first kappa shape index (κ1) is 13.0. The topological polar surface area (TPSA) is 24.9 Å². The molecule has 1 aliphatic heterocycles. The molecule has 0 radical (unpaired) electrons. The average Bonchev–Trinajstić information content (AvgIpc) is 2.59. The molecule has 2 nitrogen and oxygen atoms in total. The Labute approximate surface area is 109 Å². The van der Waals surface area contributed by atoms with E-state index in [0.29, 0.717) is 5.92 Å². The number of nitrogens with zero attached hydrogens (tertiary/aromatic N) is 1. The van der Waals surface area contributed by atoms with Crippen molar-refractivity contribution >= 4 is 11.3 Å². The fourth-order valence-corrected chi connectivity index (χ4v) is 3.86. The third-order valence-corrected chi connectivity index (χ3v) is 4.65. The van der Waals surface area contributed by atoms with E-state index in [1.54, 1.807) is 0 Å². The molecule has 1 aromatic heterocycles. The van der Waals surface area contributed by atoms with Crippen LogP contribution in [0.5, 0.6) is 0 Å². The van der Waals surface area contributed by atoms with Crippen LogP contribution in [-0.4, -0.2) is 18.1 Å². The molecule has 1 aromatic rings. The summed E-state index contributed by atoms with van der Waals surface area (Å²) in [7, 11) is 0. The maximum absolute atomic E-state index is 4.72. The van der Waals surface area contributed by atoms with Crippen LogP contribution >= 0.6 is 11.3 Å². The number of aryl methyl sites for hydroxylation is 1. The number of aromatic nitrogens is 1. The second-order valence-corrected chi connectivity index (χ2v) is 6.78. The molecule has 0 amide bonds. The van der Waals surface area contributed by atoms with Crippen molar-refractivity contribution in [2.45, 2.75) is 46.5 Å². The quantitative estimate of drug-likeness (QED) is 0.890. The fourth-order valence-electron chi connectivity index (χ4n) is 2.46. The zero-order valence-corrected chi connectivity index (χ0v) is 12.1. The highest BCUT2D eigenvalue weighted by Crippen LogP contribution is 2.26. The highest BCUT2D eigenvalue weighted by atomic mass is 32.1. The Kier molecular flexibility index (Phi) is 4.57. The van der Waals surface area contributed by atoms with Crippen LogP contribution in [0.3, 0.4) is 0 Å². The molecule has 0 spiro atoms. The molecule has 2 heterocycles. The van der Waals surface area contributed by atoms with Gasteiger partial charge in [0.2, 0.25) is 0 Å². The van der Waals surface area contributed by atoms with E-state index in [-0.39, 0.29) is 0 Å². The van der Waals surface area contributed by atoms with Crippen molar-refractivity contribution in [2.75, 3.05) is 13.1 Å². The predicted octanol–water partition coefficient (Wildman–Crippen LogP) is 3.19. The summed E-state index contributed by atoms with van der Waals surface area (Å²) in [6, 6.07) is 0. The summed E-state index contributed by atoms with van der Waals surface area (Å²) < 4.78 is 0. The summed E-state index contributed by atoms with van der Waals surface area (Å²) in [5.74, 6) is 1.59. The Morgan fingerprint density at radius 1 is 1.35 bits per heavy atom. The van der Waals surface area contributed by atoms with Gasteiger partial charge in [0.1, 0.15) is 0 Å². The highest BCUT2D eigenvalue weighted by molar-refractivity contribution is 7.11. The number of piperidine rings is 1. The molecule has 17 heavy (non-hydrogen) atoms. The maximum atomic E-state index is 4.72. The Bertz CT molecular complexity index is 351. The summed E-state index contributed by atoms with van der Waals surface area (Å²) in [4.78, 5) is 6.25. The van der Waals surface area contributed by atoms with E-state index in [2.05, 4.69) is 26.1 Å².